The van der Waals surface area contributed by atoms with Crippen molar-refractivity contribution in [3.8, 4) is 0 Å². The molecule has 2 aromatic rings. The minimum absolute atomic E-state index is 0.106. The van der Waals surface area contributed by atoms with E-state index >= 15 is 0 Å². The van der Waals surface area contributed by atoms with Gasteiger partial charge in [-0.2, -0.15) is 0 Å². The maximum Gasteiger partial charge on any atom is 0.227 e. The molecule has 1 unspecified atom stereocenters. The Hall–Kier alpha value is -2.77. The molecule has 1 N–H and O–H groups in total. The van der Waals surface area contributed by atoms with E-state index in [9.17, 15) is 22.8 Å². The molecule has 1 atom stereocenters. The fourth-order valence-electron chi connectivity index (χ4n) is 2.57. The Morgan fingerprint density at radius 1 is 1.25 bits per heavy atom. The second-order valence-electron chi connectivity index (χ2n) is 5.40. The van der Waals surface area contributed by atoms with Crippen molar-refractivity contribution in [1.82, 2.24) is 5.32 Å². The maximum absolute atomic E-state index is 13.8. The molecule has 1 aromatic heterocycles. The van der Waals surface area contributed by atoms with Crippen LogP contribution in [-0.2, 0) is 16.1 Å². The van der Waals surface area contributed by atoms with Gasteiger partial charge in [-0.3, -0.25) is 9.59 Å². The molecule has 0 radical (unpaired) electrons. The van der Waals surface area contributed by atoms with Gasteiger partial charge in [0.05, 0.1) is 24.4 Å². The number of halogens is 3. The van der Waals surface area contributed by atoms with Crippen LogP contribution >= 0.6 is 0 Å². The summed E-state index contributed by atoms with van der Waals surface area (Å²) in [6.07, 6.45) is 1.33. The first-order valence-electron chi connectivity index (χ1n) is 7.21. The van der Waals surface area contributed by atoms with E-state index in [2.05, 4.69) is 5.32 Å². The van der Waals surface area contributed by atoms with Crippen molar-refractivity contribution in [2.45, 2.75) is 13.0 Å². The number of anilines is 1. The third-order valence-corrected chi connectivity index (χ3v) is 3.82. The fourth-order valence-corrected chi connectivity index (χ4v) is 2.57. The molecule has 0 spiro atoms. The highest BCUT2D eigenvalue weighted by molar-refractivity contribution is 6.00. The van der Waals surface area contributed by atoms with E-state index in [1.807, 2.05) is 0 Å². The van der Waals surface area contributed by atoms with Crippen molar-refractivity contribution in [3.63, 3.8) is 0 Å². The lowest BCUT2D eigenvalue weighted by atomic mass is 10.1. The van der Waals surface area contributed by atoms with Crippen LogP contribution in [-0.4, -0.2) is 18.4 Å². The van der Waals surface area contributed by atoms with Gasteiger partial charge in [-0.1, -0.05) is 0 Å². The molecule has 0 bridgehead atoms. The summed E-state index contributed by atoms with van der Waals surface area (Å²) >= 11 is 0. The molecular formula is C16H13F3N2O3. The van der Waals surface area contributed by atoms with E-state index in [1.54, 1.807) is 12.1 Å². The van der Waals surface area contributed by atoms with Gasteiger partial charge in [-0.25, -0.2) is 13.2 Å². The largest absolute Gasteiger partial charge is 0.467 e. The number of amides is 2. The van der Waals surface area contributed by atoms with Gasteiger partial charge in [0.2, 0.25) is 11.8 Å². The average Bonchev–Trinajstić information content (AvgIpc) is 3.20. The number of hydrogen-bond acceptors (Lipinski definition) is 3. The van der Waals surface area contributed by atoms with Crippen LogP contribution < -0.4 is 10.2 Å². The van der Waals surface area contributed by atoms with Crippen LogP contribution in [0.25, 0.3) is 0 Å². The lowest BCUT2D eigenvalue weighted by Crippen LogP contribution is -2.32. The van der Waals surface area contributed by atoms with Crippen LogP contribution in [0.15, 0.2) is 34.9 Å². The maximum atomic E-state index is 13.8. The van der Waals surface area contributed by atoms with Crippen molar-refractivity contribution >= 4 is 17.5 Å². The second kappa shape index (κ2) is 6.38. The Bertz CT molecular complexity index is 777. The molecule has 2 heterocycles. The molecule has 126 valence electrons. The number of furan rings is 1. The number of nitrogens with one attached hydrogen (secondary N) is 1. The highest BCUT2D eigenvalue weighted by Gasteiger charge is 2.36. The molecule has 1 fully saturated rings. The SMILES string of the molecule is O=C(NCc1ccco1)C1CC(=O)N(c2ccc(F)c(F)c2F)C1. The van der Waals surface area contributed by atoms with Crippen LogP contribution in [0, 0.1) is 23.4 Å². The van der Waals surface area contributed by atoms with Crippen LogP contribution in [0.4, 0.5) is 18.9 Å². The highest BCUT2D eigenvalue weighted by Crippen LogP contribution is 2.29. The van der Waals surface area contributed by atoms with Crippen LogP contribution in [0.5, 0.6) is 0 Å². The van der Waals surface area contributed by atoms with Gasteiger partial charge in [0, 0.05) is 13.0 Å². The highest BCUT2D eigenvalue weighted by atomic mass is 19.2. The van der Waals surface area contributed by atoms with Crippen molar-refractivity contribution in [1.29, 1.82) is 0 Å². The summed E-state index contributed by atoms with van der Waals surface area (Å²) in [7, 11) is 0. The van der Waals surface area contributed by atoms with E-state index in [4.69, 9.17) is 4.42 Å². The number of rotatable bonds is 4. The van der Waals surface area contributed by atoms with E-state index in [0.29, 0.717) is 5.76 Å². The minimum Gasteiger partial charge on any atom is -0.467 e. The number of hydrogen-bond donors (Lipinski definition) is 1. The van der Waals surface area contributed by atoms with E-state index < -0.39 is 35.2 Å². The van der Waals surface area contributed by atoms with Crippen LogP contribution in [0.3, 0.4) is 0 Å². The molecular weight excluding hydrogens is 325 g/mol. The van der Waals surface area contributed by atoms with Gasteiger partial charge in [-0.15, -0.1) is 0 Å². The predicted octanol–water partition coefficient (Wildman–Crippen LogP) is 2.37. The topological polar surface area (TPSA) is 62.6 Å². The number of benzene rings is 1. The van der Waals surface area contributed by atoms with Crippen molar-refractivity contribution in [2.24, 2.45) is 5.92 Å². The van der Waals surface area contributed by atoms with Crippen molar-refractivity contribution in [3.05, 3.63) is 53.7 Å². The average molecular weight is 338 g/mol. The molecule has 1 aliphatic heterocycles. The summed E-state index contributed by atoms with van der Waals surface area (Å²) in [6.45, 7) is 0.0564. The van der Waals surface area contributed by atoms with Gasteiger partial charge in [-0.05, 0) is 24.3 Å². The zero-order chi connectivity index (χ0) is 17.3. The molecule has 24 heavy (non-hydrogen) atoms. The van der Waals surface area contributed by atoms with Crippen LogP contribution in [0.2, 0.25) is 0 Å². The van der Waals surface area contributed by atoms with Gasteiger partial charge in [0.1, 0.15) is 5.76 Å². The minimum atomic E-state index is -1.65. The van der Waals surface area contributed by atoms with Gasteiger partial charge >= 0.3 is 0 Å². The van der Waals surface area contributed by atoms with E-state index in [-0.39, 0.29) is 25.2 Å². The standard InChI is InChI=1S/C16H13F3N2O3/c17-11-3-4-12(15(19)14(11)18)21-8-9(6-13(21)22)16(23)20-7-10-2-1-5-24-10/h1-5,9H,6-8H2,(H,20,23). The van der Waals surface area contributed by atoms with E-state index in [0.717, 1.165) is 17.0 Å². The van der Waals surface area contributed by atoms with Crippen molar-refractivity contribution < 1.29 is 27.2 Å². The van der Waals surface area contributed by atoms with Gasteiger partial charge in [0.25, 0.3) is 0 Å². The second-order valence-corrected chi connectivity index (χ2v) is 5.40. The number of carbonyl (C=O) groups excluding carboxylic acids is 2. The zero-order valence-electron chi connectivity index (χ0n) is 12.4. The Morgan fingerprint density at radius 2 is 2.04 bits per heavy atom. The quantitative estimate of drug-likeness (QED) is 0.871. The third-order valence-electron chi connectivity index (χ3n) is 3.82. The summed E-state index contributed by atoms with van der Waals surface area (Å²) in [5.41, 5.74) is -0.375. The first-order valence-corrected chi connectivity index (χ1v) is 7.21. The molecule has 0 saturated carbocycles. The normalized spacial score (nSPS) is 17.4. The summed E-state index contributed by atoms with van der Waals surface area (Å²) < 4.78 is 45.2. The summed E-state index contributed by atoms with van der Waals surface area (Å²) in [5.74, 6) is -5.51. The van der Waals surface area contributed by atoms with Crippen LogP contribution in [0.1, 0.15) is 12.2 Å². The molecule has 0 aliphatic carbocycles. The Balaban J connectivity index is 1.69. The Kier molecular flexibility index (Phi) is 4.28. The molecule has 3 rings (SSSR count). The monoisotopic (exact) mass is 338 g/mol. The number of carbonyl (C=O) groups is 2. The Labute approximate surface area is 135 Å². The fraction of sp³-hybridized carbons (Fsp3) is 0.250. The first kappa shape index (κ1) is 16.1. The predicted molar refractivity (Wildman–Crippen MR) is 77.3 cm³/mol. The van der Waals surface area contributed by atoms with Gasteiger partial charge < -0.3 is 14.6 Å². The number of nitrogens with zero attached hydrogens (tertiary/aromatic N) is 1. The smallest absolute Gasteiger partial charge is 0.227 e. The summed E-state index contributed by atoms with van der Waals surface area (Å²) in [6, 6.07) is 5.08. The molecule has 8 heteroatoms. The van der Waals surface area contributed by atoms with Gasteiger partial charge in [0.15, 0.2) is 17.5 Å². The molecule has 1 aliphatic rings. The lowest BCUT2D eigenvalue weighted by molar-refractivity contribution is -0.126. The summed E-state index contributed by atoms with van der Waals surface area (Å²) in [4.78, 5) is 25.1. The summed E-state index contributed by atoms with van der Waals surface area (Å²) in [5, 5.41) is 2.62. The zero-order valence-corrected chi connectivity index (χ0v) is 12.4. The molecule has 1 aromatic carbocycles. The third kappa shape index (κ3) is 2.99. The van der Waals surface area contributed by atoms with Crippen molar-refractivity contribution in [2.75, 3.05) is 11.4 Å². The molecule has 1 saturated heterocycles. The lowest BCUT2D eigenvalue weighted by Gasteiger charge is -2.17. The molecule has 2 amide bonds. The molecule has 5 nitrogen and oxygen atoms in total. The van der Waals surface area contributed by atoms with E-state index in [1.165, 1.54) is 6.26 Å². The Morgan fingerprint density at radius 3 is 2.75 bits per heavy atom. The first-order chi connectivity index (χ1) is 11.5.